The number of thioether (sulfide) groups is 1. The van der Waals surface area contributed by atoms with E-state index in [1.54, 1.807) is 36.4 Å². The molecule has 0 radical (unpaired) electrons. The van der Waals surface area contributed by atoms with Crippen LogP contribution in [-0.4, -0.2) is 35.2 Å². The number of hydrogen-bond donors (Lipinski definition) is 2. The number of hydrogen-bond acceptors (Lipinski definition) is 5. The highest BCUT2D eigenvalue weighted by Crippen LogP contribution is 2.41. The maximum atomic E-state index is 12.5. The maximum absolute atomic E-state index is 12.5. The van der Waals surface area contributed by atoms with Crippen LogP contribution in [0.3, 0.4) is 0 Å². The quantitative estimate of drug-likeness (QED) is 0.631. The number of rotatable bonds is 4. The number of nitrogens with one attached hydrogen (secondary N) is 1. The summed E-state index contributed by atoms with van der Waals surface area (Å²) < 4.78 is 0. The van der Waals surface area contributed by atoms with E-state index >= 15 is 0 Å². The van der Waals surface area contributed by atoms with Crippen LogP contribution in [0.25, 0.3) is 0 Å². The number of carbonyl (C=O) groups excluding carboxylic acids is 2. The van der Waals surface area contributed by atoms with Gasteiger partial charge in [-0.15, -0.1) is 0 Å². The van der Waals surface area contributed by atoms with Gasteiger partial charge in [0, 0.05) is 12.7 Å². The predicted molar refractivity (Wildman–Crippen MR) is 84.3 cm³/mol. The van der Waals surface area contributed by atoms with Crippen molar-refractivity contribution in [2.45, 2.75) is 11.7 Å². The fourth-order valence-electron chi connectivity index (χ4n) is 2.08. The van der Waals surface area contributed by atoms with Crippen molar-refractivity contribution in [3.63, 3.8) is 0 Å². The molecule has 0 bridgehead atoms. The number of nitrogens with zero attached hydrogens (tertiary/aromatic N) is 2. The summed E-state index contributed by atoms with van der Waals surface area (Å²) in [7, 11) is 1.38. The average Bonchev–Trinajstić information content (AvgIpc) is 2.84. The third kappa shape index (κ3) is 3.35. The van der Waals surface area contributed by atoms with Crippen LogP contribution in [0, 0.1) is 11.3 Å². The third-order valence-electron chi connectivity index (χ3n) is 3.11. The highest BCUT2D eigenvalue weighted by Gasteiger charge is 2.41. The molecule has 7 nitrogen and oxygen atoms in total. The molecule has 2 amide bonds. The van der Waals surface area contributed by atoms with Gasteiger partial charge in [-0.2, -0.15) is 5.26 Å². The van der Waals surface area contributed by atoms with Crippen molar-refractivity contribution >= 4 is 35.2 Å². The summed E-state index contributed by atoms with van der Waals surface area (Å²) in [6.45, 7) is 0. The van der Waals surface area contributed by atoms with E-state index in [0.29, 0.717) is 5.69 Å². The van der Waals surface area contributed by atoms with Crippen LogP contribution in [0.5, 0.6) is 0 Å². The van der Waals surface area contributed by atoms with E-state index in [4.69, 9.17) is 5.11 Å². The van der Waals surface area contributed by atoms with Crippen molar-refractivity contribution in [1.29, 1.82) is 5.26 Å². The molecule has 1 aromatic carbocycles. The van der Waals surface area contributed by atoms with E-state index in [9.17, 15) is 19.6 Å². The largest absolute Gasteiger partial charge is 0.481 e. The average molecular weight is 331 g/mol. The Balaban J connectivity index is 2.55. The van der Waals surface area contributed by atoms with Gasteiger partial charge in [0.2, 0.25) is 5.91 Å². The number of nitriles is 1. The zero-order valence-corrected chi connectivity index (χ0v) is 13.0. The van der Waals surface area contributed by atoms with Gasteiger partial charge >= 0.3 is 5.97 Å². The number of anilines is 1. The van der Waals surface area contributed by atoms with E-state index in [1.807, 2.05) is 0 Å². The first kappa shape index (κ1) is 16.6. The first-order valence-electron chi connectivity index (χ1n) is 6.63. The number of carboxylic acids is 1. The van der Waals surface area contributed by atoms with Crippen molar-refractivity contribution in [2.24, 2.45) is 0 Å². The lowest BCUT2D eigenvalue weighted by molar-refractivity contribution is -0.138. The van der Waals surface area contributed by atoms with Crippen LogP contribution >= 0.6 is 11.8 Å². The Morgan fingerprint density at radius 1 is 1.39 bits per heavy atom. The molecule has 2 N–H and O–H groups in total. The van der Waals surface area contributed by atoms with Gasteiger partial charge in [0.1, 0.15) is 21.9 Å². The fourth-order valence-corrected chi connectivity index (χ4v) is 3.34. The smallest absolute Gasteiger partial charge is 0.305 e. The molecule has 0 aromatic heterocycles. The lowest BCUT2D eigenvalue weighted by Crippen LogP contribution is -2.31. The number of likely N-dealkylation sites (N-methyl/N-ethyl adjacent to an activating group) is 1. The lowest BCUT2D eigenvalue weighted by atomic mass is 10.2. The van der Waals surface area contributed by atoms with Gasteiger partial charge in [0.05, 0.1) is 6.42 Å². The normalized spacial score (nSPS) is 19.2. The van der Waals surface area contributed by atoms with E-state index in [1.165, 1.54) is 11.9 Å². The van der Waals surface area contributed by atoms with E-state index in [0.717, 1.165) is 11.8 Å². The minimum atomic E-state index is -1.12. The molecule has 1 fully saturated rings. The highest BCUT2D eigenvalue weighted by molar-refractivity contribution is 8.05. The molecule has 118 valence electrons. The zero-order valence-electron chi connectivity index (χ0n) is 12.1. The second kappa shape index (κ2) is 6.98. The molecular formula is C15H13N3O4S. The van der Waals surface area contributed by atoms with Crippen LogP contribution in [0.4, 0.5) is 5.69 Å². The molecule has 2 rings (SSSR count). The Kier molecular flexibility index (Phi) is 5.03. The summed E-state index contributed by atoms with van der Waals surface area (Å²) in [5.41, 5.74) is 0.257. The number of amides is 2. The Hall–Kier alpha value is -2.79. The van der Waals surface area contributed by atoms with Crippen molar-refractivity contribution < 1.29 is 19.5 Å². The Morgan fingerprint density at radius 2 is 2.04 bits per heavy atom. The molecule has 0 unspecified atom stereocenters. The number of aliphatic carboxylic acids is 1. The summed E-state index contributed by atoms with van der Waals surface area (Å²) in [5.74, 6) is -2.21. The van der Waals surface area contributed by atoms with Gasteiger partial charge < -0.3 is 10.4 Å². The molecule has 23 heavy (non-hydrogen) atoms. The first-order valence-corrected chi connectivity index (χ1v) is 7.51. The van der Waals surface area contributed by atoms with Crippen LogP contribution in [0.15, 0.2) is 40.9 Å². The summed E-state index contributed by atoms with van der Waals surface area (Å²) in [6, 6.07) is 10.3. The Bertz CT molecular complexity index is 724. The maximum Gasteiger partial charge on any atom is 0.305 e. The van der Waals surface area contributed by atoms with Crippen molar-refractivity contribution in [3.8, 4) is 6.07 Å². The van der Waals surface area contributed by atoms with Gasteiger partial charge in [0.25, 0.3) is 5.91 Å². The second-order valence-electron chi connectivity index (χ2n) is 4.58. The second-order valence-corrected chi connectivity index (χ2v) is 5.78. The summed E-state index contributed by atoms with van der Waals surface area (Å²) >= 11 is 0.918. The fraction of sp³-hybridized carbons (Fsp3) is 0.200. The summed E-state index contributed by atoms with van der Waals surface area (Å²) in [4.78, 5) is 36.6. The van der Waals surface area contributed by atoms with Crippen LogP contribution < -0.4 is 10.2 Å². The van der Waals surface area contributed by atoms with Gasteiger partial charge in [-0.05, 0) is 12.1 Å². The lowest BCUT2D eigenvalue weighted by Gasteiger charge is -2.18. The SMILES string of the molecule is CNC(=O)/C(C#N)=C1\S[C@H](CC(=O)O)C(=O)N1c1ccccc1. The number of carbonyl (C=O) groups is 3. The highest BCUT2D eigenvalue weighted by atomic mass is 32.2. The van der Waals surface area contributed by atoms with E-state index < -0.39 is 23.0 Å². The van der Waals surface area contributed by atoms with Crippen LogP contribution in [-0.2, 0) is 14.4 Å². The monoisotopic (exact) mass is 331 g/mol. The van der Waals surface area contributed by atoms with Crippen molar-refractivity contribution in [1.82, 2.24) is 5.32 Å². The van der Waals surface area contributed by atoms with Crippen molar-refractivity contribution in [3.05, 3.63) is 40.9 Å². The minimum Gasteiger partial charge on any atom is -0.481 e. The van der Waals surface area contributed by atoms with Gasteiger partial charge in [0.15, 0.2) is 0 Å². The minimum absolute atomic E-state index is 0.148. The standard InChI is InChI=1S/C15H13N3O4S/c1-17-13(21)10(8-16)15-18(9-5-3-2-4-6-9)14(22)11(23-15)7-12(19)20/h2-6,11H,7H2,1H3,(H,17,21)(H,19,20)/b15-10-/t11-/m1/s1. The van der Waals surface area contributed by atoms with Crippen LogP contribution in [0.2, 0.25) is 0 Å². The Labute approximate surface area is 136 Å². The molecule has 1 heterocycles. The summed E-state index contributed by atoms with van der Waals surface area (Å²) in [5, 5.41) is 19.8. The van der Waals surface area contributed by atoms with Crippen LogP contribution in [0.1, 0.15) is 6.42 Å². The van der Waals surface area contributed by atoms with Gasteiger partial charge in [-0.1, -0.05) is 30.0 Å². The first-order chi connectivity index (χ1) is 11.0. The molecule has 1 saturated heterocycles. The number of benzene rings is 1. The topological polar surface area (TPSA) is 111 Å². The molecule has 0 aliphatic carbocycles. The molecular weight excluding hydrogens is 318 g/mol. The van der Waals surface area contributed by atoms with E-state index in [2.05, 4.69) is 5.32 Å². The number of para-hydroxylation sites is 1. The molecule has 0 spiro atoms. The number of carboxylic acid groups (broad SMARTS) is 1. The van der Waals surface area contributed by atoms with Gasteiger partial charge in [-0.25, -0.2) is 0 Å². The zero-order chi connectivity index (χ0) is 17.0. The Morgan fingerprint density at radius 3 is 2.57 bits per heavy atom. The molecule has 0 saturated carbocycles. The third-order valence-corrected chi connectivity index (χ3v) is 4.37. The van der Waals surface area contributed by atoms with Crippen molar-refractivity contribution in [2.75, 3.05) is 11.9 Å². The molecule has 1 atom stereocenters. The van der Waals surface area contributed by atoms with E-state index in [-0.39, 0.29) is 17.0 Å². The molecule has 8 heteroatoms. The summed E-state index contributed by atoms with van der Waals surface area (Å²) in [6.07, 6.45) is -0.386. The predicted octanol–water partition coefficient (Wildman–Crippen LogP) is 1.09. The molecule has 1 aliphatic rings. The molecule has 1 aromatic rings. The molecule has 1 aliphatic heterocycles. The van der Waals surface area contributed by atoms with Gasteiger partial charge in [-0.3, -0.25) is 19.3 Å².